The number of primary amides is 1. The van der Waals surface area contributed by atoms with Gasteiger partial charge in [-0.15, -0.1) is 0 Å². The molecule has 10 heteroatoms. The van der Waals surface area contributed by atoms with E-state index in [1.54, 1.807) is 13.8 Å². The van der Waals surface area contributed by atoms with Gasteiger partial charge in [0, 0.05) is 23.3 Å². The van der Waals surface area contributed by atoms with Crippen LogP contribution in [0.25, 0.3) is 0 Å². The van der Waals surface area contributed by atoms with E-state index in [9.17, 15) is 24.8 Å². The summed E-state index contributed by atoms with van der Waals surface area (Å²) in [6.07, 6.45) is -1.03. The molecule has 2 rings (SSSR count). The fourth-order valence-corrected chi connectivity index (χ4v) is 2.22. The molecule has 0 saturated carbocycles. The first-order chi connectivity index (χ1) is 11.6. The van der Waals surface area contributed by atoms with E-state index in [1.165, 1.54) is 0 Å². The molecule has 1 saturated heterocycles. The molecule has 25 heavy (non-hydrogen) atoms. The second-order valence-corrected chi connectivity index (χ2v) is 6.06. The van der Waals surface area contributed by atoms with Crippen molar-refractivity contribution in [3.63, 3.8) is 0 Å². The smallest absolute Gasteiger partial charge is 0.271 e. The first kappa shape index (κ1) is 18.8. The van der Waals surface area contributed by atoms with E-state index < -0.39 is 40.4 Å². The molecule has 0 unspecified atom stereocenters. The van der Waals surface area contributed by atoms with E-state index in [2.05, 4.69) is 5.32 Å². The quantitative estimate of drug-likeness (QED) is 0.506. The number of amides is 2. The topological polar surface area (TPSA) is 154 Å². The highest BCUT2D eigenvalue weighted by Crippen LogP contribution is 2.19. The van der Waals surface area contributed by atoms with Crippen LogP contribution in [0.15, 0.2) is 18.2 Å². The lowest BCUT2D eigenvalue weighted by Crippen LogP contribution is -2.47. The van der Waals surface area contributed by atoms with Crippen LogP contribution in [0.5, 0.6) is 0 Å². The van der Waals surface area contributed by atoms with Gasteiger partial charge in [-0.3, -0.25) is 19.7 Å². The number of nitro benzene ring substituents is 1. The predicted octanol–water partition coefficient (Wildman–Crippen LogP) is -0.0641. The van der Waals surface area contributed by atoms with Crippen LogP contribution in [-0.4, -0.2) is 53.0 Å². The minimum Gasteiger partial charge on any atom is -0.388 e. The number of rotatable bonds is 4. The monoisotopic (exact) mass is 353 g/mol. The number of aliphatic hydroxyl groups excluding tert-OH is 1. The lowest BCUT2D eigenvalue weighted by molar-refractivity contribution is -0.384. The van der Waals surface area contributed by atoms with E-state index in [4.69, 9.17) is 15.2 Å². The molecule has 1 fully saturated rings. The van der Waals surface area contributed by atoms with Gasteiger partial charge < -0.3 is 25.6 Å². The number of ether oxygens (including phenoxy) is 2. The number of carbonyl (C=O) groups is 2. The average molecular weight is 353 g/mol. The Morgan fingerprint density at radius 3 is 2.48 bits per heavy atom. The maximum Gasteiger partial charge on any atom is 0.271 e. The van der Waals surface area contributed by atoms with Crippen molar-refractivity contribution in [3.05, 3.63) is 39.4 Å². The second kappa shape index (κ2) is 7.13. The van der Waals surface area contributed by atoms with Gasteiger partial charge in [0.2, 0.25) is 5.91 Å². The minimum atomic E-state index is -1.03. The molecule has 1 aromatic rings. The lowest BCUT2D eigenvalue weighted by atomic mass is 10.1. The number of nitrogens with two attached hydrogens (primary N) is 1. The van der Waals surface area contributed by atoms with E-state index in [0.717, 1.165) is 18.2 Å². The van der Waals surface area contributed by atoms with E-state index in [1.807, 2.05) is 0 Å². The van der Waals surface area contributed by atoms with E-state index in [0.29, 0.717) is 0 Å². The number of aliphatic hydroxyl groups is 1. The Morgan fingerprint density at radius 2 is 1.88 bits per heavy atom. The Hall–Kier alpha value is -2.56. The fraction of sp³-hybridized carbons (Fsp3) is 0.467. The second-order valence-electron chi connectivity index (χ2n) is 6.06. The van der Waals surface area contributed by atoms with Crippen molar-refractivity contribution < 1.29 is 29.1 Å². The third kappa shape index (κ3) is 4.72. The Balaban J connectivity index is 2.22. The summed E-state index contributed by atoms with van der Waals surface area (Å²) in [7, 11) is 0. The highest BCUT2D eigenvalue weighted by molar-refractivity contribution is 6.00. The first-order valence-electron chi connectivity index (χ1n) is 7.45. The summed E-state index contributed by atoms with van der Waals surface area (Å²) in [6, 6.07) is 2.37. The lowest BCUT2D eigenvalue weighted by Gasteiger charge is -2.23. The number of carbonyl (C=O) groups excluding carboxylic acids is 2. The fourth-order valence-electron chi connectivity index (χ4n) is 2.22. The summed E-state index contributed by atoms with van der Waals surface area (Å²) in [4.78, 5) is 33.9. The standard InChI is InChI=1S/C15H19N3O7/c1-15(2)24-6-11(12(19)7-25-15)17-14(21)9-3-8(13(16)20)4-10(5-9)18(22)23/h3-5,11-12,19H,6-7H2,1-2H3,(H2,16,20)(H,17,21)/t11-,12-/m0/s1. The highest BCUT2D eigenvalue weighted by Gasteiger charge is 2.32. The average Bonchev–Trinajstić information content (AvgIpc) is 2.67. The van der Waals surface area contributed by atoms with Gasteiger partial charge in [0.25, 0.3) is 11.6 Å². The van der Waals surface area contributed by atoms with Crippen molar-refractivity contribution in [1.82, 2.24) is 5.32 Å². The van der Waals surface area contributed by atoms with Crippen molar-refractivity contribution in [3.8, 4) is 0 Å². The highest BCUT2D eigenvalue weighted by atomic mass is 16.7. The molecule has 1 heterocycles. The summed E-state index contributed by atoms with van der Waals surface area (Å²) in [5.74, 6) is -2.52. The molecule has 0 aliphatic carbocycles. The molecule has 0 aromatic heterocycles. The largest absolute Gasteiger partial charge is 0.388 e. The Labute approximate surface area is 143 Å². The maximum atomic E-state index is 12.4. The summed E-state index contributed by atoms with van der Waals surface area (Å²) in [5, 5.41) is 23.5. The van der Waals surface area contributed by atoms with Crippen molar-refractivity contribution in [2.24, 2.45) is 5.73 Å². The zero-order valence-corrected chi connectivity index (χ0v) is 13.7. The van der Waals surface area contributed by atoms with Gasteiger partial charge in [-0.25, -0.2) is 0 Å². The molecule has 2 amide bonds. The van der Waals surface area contributed by atoms with Crippen LogP contribution in [0.1, 0.15) is 34.6 Å². The zero-order valence-electron chi connectivity index (χ0n) is 13.7. The molecule has 1 aromatic carbocycles. The number of nitrogens with zero attached hydrogens (tertiary/aromatic N) is 1. The normalized spacial score (nSPS) is 22.7. The third-order valence-corrected chi connectivity index (χ3v) is 3.67. The Morgan fingerprint density at radius 1 is 1.28 bits per heavy atom. The molecule has 4 N–H and O–H groups in total. The molecular weight excluding hydrogens is 334 g/mol. The van der Waals surface area contributed by atoms with Crippen LogP contribution in [0.3, 0.4) is 0 Å². The van der Waals surface area contributed by atoms with Crippen molar-refractivity contribution in [2.45, 2.75) is 31.8 Å². The van der Waals surface area contributed by atoms with Gasteiger partial charge in [0.15, 0.2) is 5.79 Å². The molecule has 136 valence electrons. The van der Waals surface area contributed by atoms with Crippen molar-refractivity contribution >= 4 is 17.5 Å². The van der Waals surface area contributed by atoms with Crippen LogP contribution in [-0.2, 0) is 9.47 Å². The maximum absolute atomic E-state index is 12.4. The van der Waals surface area contributed by atoms with Crippen LogP contribution in [0, 0.1) is 10.1 Å². The van der Waals surface area contributed by atoms with Crippen molar-refractivity contribution in [2.75, 3.05) is 13.2 Å². The number of hydrogen-bond donors (Lipinski definition) is 3. The van der Waals surface area contributed by atoms with Gasteiger partial charge >= 0.3 is 0 Å². The predicted molar refractivity (Wildman–Crippen MR) is 84.9 cm³/mol. The molecule has 0 spiro atoms. The van der Waals surface area contributed by atoms with Gasteiger partial charge in [0.05, 0.1) is 30.3 Å². The van der Waals surface area contributed by atoms with Crippen LogP contribution in [0.2, 0.25) is 0 Å². The summed E-state index contributed by atoms with van der Waals surface area (Å²) in [5.41, 5.74) is 4.41. The molecular formula is C15H19N3O7. The van der Waals surface area contributed by atoms with Crippen LogP contribution >= 0.6 is 0 Å². The molecule has 2 atom stereocenters. The minimum absolute atomic E-state index is 0.0164. The van der Waals surface area contributed by atoms with E-state index >= 15 is 0 Å². The van der Waals surface area contributed by atoms with Gasteiger partial charge in [-0.05, 0) is 19.9 Å². The zero-order chi connectivity index (χ0) is 18.8. The molecule has 10 nitrogen and oxygen atoms in total. The molecule has 1 aliphatic heterocycles. The number of non-ortho nitro benzene ring substituents is 1. The van der Waals surface area contributed by atoms with Gasteiger partial charge in [-0.2, -0.15) is 0 Å². The van der Waals surface area contributed by atoms with Crippen LogP contribution < -0.4 is 11.1 Å². The number of benzene rings is 1. The summed E-state index contributed by atoms with van der Waals surface area (Å²) >= 11 is 0. The van der Waals surface area contributed by atoms with Crippen molar-refractivity contribution in [1.29, 1.82) is 0 Å². The number of hydrogen-bond acceptors (Lipinski definition) is 7. The summed E-state index contributed by atoms with van der Waals surface area (Å²) in [6.45, 7) is 3.27. The number of nitro groups is 1. The van der Waals surface area contributed by atoms with E-state index in [-0.39, 0.29) is 24.3 Å². The number of nitrogens with one attached hydrogen (secondary N) is 1. The third-order valence-electron chi connectivity index (χ3n) is 3.67. The van der Waals surface area contributed by atoms with Crippen LogP contribution in [0.4, 0.5) is 5.69 Å². The Bertz CT molecular complexity index is 672. The van der Waals surface area contributed by atoms with Gasteiger partial charge in [0.1, 0.15) is 0 Å². The molecule has 0 bridgehead atoms. The molecule has 1 aliphatic rings. The van der Waals surface area contributed by atoms with Gasteiger partial charge in [-0.1, -0.05) is 0 Å². The first-order valence-corrected chi connectivity index (χ1v) is 7.45. The Kier molecular flexibility index (Phi) is 5.36. The molecule has 0 radical (unpaired) electrons. The SMILES string of the molecule is CC1(C)OC[C@H](NC(=O)c2cc(C(N)=O)cc([N+](=O)[O-])c2)[C@@H](O)CO1. The summed E-state index contributed by atoms with van der Waals surface area (Å²) < 4.78 is 10.8.